The van der Waals surface area contributed by atoms with Gasteiger partial charge in [0.1, 0.15) is 5.82 Å². The number of aromatic nitrogens is 1. The average Bonchev–Trinajstić information content (AvgIpc) is 3.09. The van der Waals surface area contributed by atoms with Crippen molar-refractivity contribution < 1.29 is 5.11 Å². The molecular formula is C21H28N4OS. The normalized spacial score (nSPS) is 24.4. The van der Waals surface area contributed by atoms with Gasteiger partial charge >= 0.3 is 0 Å². The van der Waals surface area contributed by atoms with Gasteiger partial charge in [-0.15, -0.1) is 11.8 Å². The number of nitrogens with zero attached hydrogens (tertiary/aromatic N) is 4. The molecule has 2 saturated heterocycles. The first-order valence-corrected chi connectivity index (χ1v) is 10.9. The van der Waals surface area contributed by atoms with Crippen molar-refractivity contribution in [1.82, 2.24) is 14.8 Å². The largest absolute Gasteiger partial charge is 0.390 e. The second-order valence-electron chi connectivity index (χ2n) is 7.39. The van der Waals surface area contributed by atoms with Gasteiger partial charge in [0.25, 0.3) is 0 Å². The van der Waals surface area contributed by atoms with Crippen molar-refractivity contribution in [2.24, 2.45) is 0 Å². The summed E-state index contributed by atoms with van der Waals surface area (Å²) in [5, 5.41) is 10.6. The van der Waals surface area contributed by atoms with Gasteiger partial charge in [-0.2, -0.15) is 0 Å². The predicted molar refractivity (Wildman–Crippen MR) is 111 cm³/mol. The van der Waals surface area contributed by atoms with Crippen molar-refractivity contribution in [3.63, 3.8) is 0 Å². The molecular weight excluding hydrogens is 356 g/mol. The number of hydrogen-bond acceptors (Lipinski definition) is 6. The van der Waals surface area contributed by atoms with E-state index < -0.39 is 0 Å². The van der Waals surface area contributed by atoms with Crippen LogP contribution in [0.5, 0.6) is 0 Å². The molecule has 0 amide bonds. The second-order valence-corrected chi connectivity index (χ2v) is 8.27. The molecule has 2 aliphatic rings. The third kappa shape index (κ3) is 4.46. The number of aliphatic hydroxyl groups is 1. The number of rotatable bonds is 5. The Hall–Kier alpha value is -1.60. The molecule has 4 rings (SSSR count). The molecule has 2 aromatic rings. The van der Waals surface area contributed by atoms with Crippen LogP contribution in [0.1, 0.15) is 5.56 Å². The lowest BCUT2D eigenvalue weighted by atomic mass is 10.1. The highest BCUT2D eigenvalue weighted by Crippen LogP contribution is 2.22. The van der Waals surface area contributed by atoms with E-state index in [9.17, 15) is 5.11 Å². The second kappa shape index (κ2) is 8.61. The van der Waals surface area contributed by atoms with Gasteiger partial charge in [0.05, 0.1) is 6.10 Å². The molecule has 6 heteroatoms. The summed E-state index contributed by atoms with van der Waals surface area (Å²) in [5.41, 5.74) is 1.32. The van der Waals surface area contributed by atoms with Gasteiger partial charge in [-0.25, -0.2) is 4.98 Å². The van der Waals surface area contributed by atoms with E-state index in [0.717, 1.165) is 51.6 Å². The maximum absolute atomic E-state index is 10.6. The minimum atomic E-state index is -0.267. The molecule has 27 heavy (non-hydrogen) atoms. The molecule has 2 atom stereocenters. The van der Waals surface area contributed by atoms with Crippen LogP contribution < -0.4 is 4.90 Å². The van der Waals surface area contributed by atoms with Gasteiger partial charge in [0.15, 0.2) is 0 Å². The van der Waals surface area contributed by atoms with Crippen molar-refractivity contribution in [3.8, 4) is 0 Å². The Bertz CT molecular complexity index is 719. The maximum Gasteiger partial charge on any atom is 0.128 e. The molecule has 144 valence electrons. The first kappa shape index (κ1) is 18.7. The molecule has 1 aromatic heterocycles. The molecule has 0 aliphatic carbocycles. The summed E-state index contributed by atoms with van der Waals surface area (Å²) in [5.74, 6) is 1.06. The number of piperazine rings is 1. The summed E-state index contributed by atoms with van der Waals surface area (Å²) in [6, 6.07) is 15.1. The highest BCUT2D eigenvalue weighted by molar-refractivity contribution is 7.98. The van der Waals surface area contributed by atoms with Gasteiger partial charge in [-0.1, -0.05) is 18.2 Å². The van der Waals surface area contributed by atoms with Crippen molar-refractivity contribution >= 4 is 17.6 Å². The van der Waals surface area contributed by atoms with Crippen LogP contribution in [0.3, 0.4) is 0 Å². The molecule has 2 fully saturated rings. The van der Waals surface area contributed by atoms with Crippen LogP contribution in [0, 0.1) is 0 Å². The van der Waals surface area contributed by atoms with E-state index in [2.05, 4.69) is 56.3 Å². The zero-order valence-corrected chi connectivity index (χ0v) is 16.7. The van der Waals surface area contributed by atoms with E-state index >= 15 is 0 Å². The fourth-order valence-electron chi connectivity index (χ4n) is 4.15. The Morgan fingerprint density at radius 1 is 1.04 bits per heavy atom. The van der Waals surface area contributed by atoms with Crippen molar-refractivity contribution in [1.29, 1.82) is 0 Å². The fraction of sp³-hybridized carbons (Fsp3) is 0.476. The Morgan fingerprint density at radius 2 is 1.81 bits per heavy atom. The smallest absolute Gasteiger partial charge is 0.128 e. The summed E-state index contributed by atoms with van der Waals surface area (Å²) in [6.07, 6.45) is 3.69. The summed E-state index contributed by atoms with van der Waals surface area (Å²) in [4.78, 5) is 12.9. The zero-order valence-electron chi connectivity index (χ0n) is 15.9. The molecule has 1 aromatic carbocycles. The maximum atomic E-state index is 10.6. The zero-order chi connectivity index (χ0) is 18.6. The molecule has 2 aliphatic heterocycles. The number of benzene rings is 1. The number of thioether (sulfide) groups is 1. The SMILES string of the molecule is CSc1ccc(CN2C[C@H](O)[C@@H](N3CCN(c4ccccn4)CC3)C2)cc1. The first-order chi connectivity index (χ1) is 13.2. The monoisotopic (exact) mass is 384 g/mol. The van der Waals surface area contributed by atoms with E-state index in [1.807, 2.05) is 18.3 Å². The predicted octanol–water partition coefficient (Wildman–Crippen LogP) is 2.17. The summed E-state index contributed by atoms with van der Waals surface area (Å²) < 4.78 is 0. The lowest BCUT2D eigenvalue weighted by Crippen LogP contribution is -2.53. The Labute approximate surface area is 166 Å². The molecule has 0 saturated carbocycles. The van der Waals surface area contributed by atoms with E-state index in [1.54, 1.807) is 11.8 Å². The van der Waals surface area contributed by atoms with Crippen LogP contribution in [-0.4, -0.2) is 77.6 Å². The van der Waals surface area contributed by atoms with Crippen LogP contribution in [0.25, 0.3) is 0 Å². The van der Waals surface area contributed by atoms with Crippen LogP contribution in [0.4, 0.5) is 5.82 Å². The topological polar surface area (TPSA) is 42.8 Å². The number of likely N-dealkylation sites (tertiary alicyclic amines) is 1. The number of β-amino-alcohol motifs (C(OH)–C–C–N with tert-alkyl or cyclic N) is 1. The first-order valence-electron chi connectivity index (χ1n) is 9.66. The third-order valence-electron chi connectivity index (χ3n) is 5.66. The highest BCUT2D eigenvalue weighted by Gasteiger charge is 2.36. The lowest BCUT2D eigenvalue weighted by molar-refractivity contribution is 0.0790. The van der Waals surface area contributed by atoms with E-state index in [-0.39, 0.29) is 12.1 Å². The average molecular weight is 385 g/mol. The molecule has 5 nitrogen and oxygen atoms in total. The number of anilines is 1. The van der Waals surface area contributed by atoms with Crippen molar-refractivity contribution in [2.45, 2.75) is 23.6 Å². The molecule has 0 spiro atoms. The van der Waals surface area contributed by atoms with Crippen LogP contribution in [0.2, 0.25) is 0 Å². The number of pyridine rings is 1. The van der Waals surface area contributed by atoms with Crippen LogP contribution in [0.15, 0.2) is 53.6 Å². The quantitative estimate of drug-likeness (QED) is 0.797. The van der Waals surface area contributed by atoms with Gasteiger partial charge in [-0.3, -0.25) is 9.80 Å². The number of aliphatic hydroxyl groups excluding tert-OH is 1. The van der Waals surface area contributed by atoms with E-state index in [0.29, 0.717) is 0 Å². The van der Waals surface area contributed by atoms with Crippen LogP contribution in [-0.2, 0) is 6.54 Å². The molecule has 0 unspecified atom stereocenters. The summed E-state index contributed by atoms with van der Waals surface area (Å²) in [6.45, 7) is 6.51. The third-order valence-corrected chi connectivity index (χ3v) is 6.40. The van der Waals surface area contributed by atoms with Gasteiger partial charge in [0.2, 0.25) is 0 Å². The lowest BCUT2D eigenvalue weighted by Gasteiger charge is -2.39. The molecule has 0 radical (unpaired) electrons. The van der Waals surface area contributed by atoms with Gasteiger partial charge < -0.3 is 10.0 Å². The molecule has 1 N–H and O–H groups in total. The van der Waals surface area contributed by atoms with Crippen molar-refractivity contribution in [3.05, 3.63) is 54.2 Å². The number of hydrogen-bond donors (Lipinski definition) is 1. The minimum Gasteiger partial charge on any atom is -0.390 e. The molecule has 3 heterocycles. The Kier molecular flexibility index (Phi) is 5.98. The van der Waals surface area contributed by atoms with Gasteiger partial charge in [0, 0.05) is 62.9 Å². The fourth-order valence-corrected chi connectivity index (χ4v) is 4.56. The summed E-state index contributed by atoms with van der Waals surface area (Å²) in [7, 11) is 0. The van der Waals surface area contributed by atoms with E-state index in [1.165, 1.54) is 10.5 Å². The van der Waals surface area contributed by atoms with E-state index in [4.69, 9.17) is 0 Å². The van der Waals surface area contributed by atoms with Gasteiger partial charge in [-0.05, 0) is 36.1 Å². The standard InChI is InChI=1S/C21H28N4OS/c1-27-18-7-5-17(6-8-18)14-23-15-19(20(26)16-23)24-10-12-25(13-11-24)21-4-2-3-9-22-21/h2-9,19-20,26H,10-16H2,1H3/t19-,20-/m0/s1. The Balaban J connectivity index is 1.31. The molecule has 0 bridgehead atoms. The van der Waals surface area contributed by atoms with Crippen LogP contribution >= 0.6 is 11.8 Å². The minimum absolute atomic E-state index is 0.237. The summed E-state index contributed by atoms with van der Waals surface area (Å²) >= 11 is 1.77. The van der Waals surface area contributed by atoms with Crippen molar-refractivity contribution in [2.75, 3.05) is 50.4 Å². The Morgan fingerprint density at radius 3 is 2.48 bits per heavy atom. The highest BCUT2D eigenvalue weighted by atomic mass is 32.2.